The highest BCUT2D eigenvalue weighted by Gasteiger charge is 2.46. The summed E-state index contributed by atoms with van der Waals surface area (Å²) in [6.45, 7) is 13.1. The smallest absolute Gasteiger partial charge is 0.326 e. The lowest BCUT2D eigenvalue weighted by Gasteiger charge is -2.35. The molecule has 0 aromatic rings. The fourth-order valence-corrected chi connectivity index (χ4v) is 8.05. The molecule has 7 atom stereocenters. The number of unbranched alkanes of at least 4 members (excludes halogenated alkanes) is 1. The van der Waals surface area contributed by atoms with Gasteiger partial charge in [0, 0.05) is 19.6 Å². The van der Waals surface area contributed by atoms with E-state index in [1.165, 1.54) is 4.90 Å². The molecule has 3 rings (SSSR count). The summed E-state index contributed by atoms with van der Waals surface area (Å²) in [6.07, 6.45) is 5.50. The monoisotopic (exact) mass is 777 g/mol. The summed E-state index contributed by atoms with van der Waals surface area (Å²) < 4.78 is 0. The van der Waals surface area contributed by atoms with Crippen LogP contribution >= 0.6 is 0 Å². The van der Waals surface area contributed by atoms with Gasteiger partial charge in [-0.25, -0.2) is 4.79 Å². The van der Waals surface area contributed by atoms with Crippen LogP contribution in [0.3, 0.4) is 0 Å². The molecule has 16 heteroatoms. The van der Waals surface area contributed by atoms with Crippen LogP contribution in [-0.4, -0.2) is 130 Å². The number of carbonyl (C=O) groups excluding carboxylic acids is 6. The first kappa shape index (κ1) is 45.6. The van der Waals surface area contributed by atoms with Gasteiger partial charge in [0.15, 0.2) is 0 Å². The molecule has 0 bridgehead atoms. The van der Waals surface area contributed by atoms with Crippen LogP contribution in [0.5, 0.6) is 0 Å². The zero-order chi connectivity index (χ0) is 41.0. The topological polar surface area (TPSA) is 238 Å². The fourth-order valence-electron chi connectivity index (χ4n) is 8.05. The molecule has 16 nitrogen and oxygen atoms in total. The minimum atomic E-state index is -1.18. The van der Waals surface area contributed by atoms with Gasteiger partial charge in [0.25, 0.3) is 0 Å². The number of nitrogens with zero attached hydrogens (tertiary/aromatic N) is 3. The van der Waals surface area contributed by atoms with Gasteiger partial charge in [0.2, 0.25) is 35.4 Å². The highest BCUT2D eigenvalue weighted by molar-refractivity contribution is 5.97. The number of amides is 6. The fraction of sp³-hybridized carbons (Fsp3) is 0.821. The second kappa shape index (κ2) is 21.5. The van der Waals surface area contributed by atoms with E-state index < -0.39 is 66.0 Å². The Kier molecular flexibility index (Phi) is 17.8. The van der Waals surface area contributed by atoms with Crippen molar-refractivity contribution in [1.82, 2.24) is 30.7 Å². The van der Waals surface area contributed by atoms with Crippen molar-refractivity contribution in [2.75, 3.05) is 26.2 Å². The first-order valence-electron chi connectivity index (χ1n) is 20.5. The van der Waals surface area contributed by atoms with Crippen LogP contribution in [-0.2, 0) is 33.6 Å². The van der Waals surface area contributed by atoms with Gasteiger partial charge in [-0.1, -0.05) is 41.5 Å². The molecule has 3 heterocycles. The van der Waals surface area contributed by atoms with Gasteiger partial charge >= 0.3 is 5.97 Å². The Labute approximate surface area is 326 Å². The molecule has 0 radical (unpaired) electrons. The summed E-state index contributed by atoms with van der Waals surface area (Å²) in [7, 11) is 0. The lowest BCUT2D eigenvalue weighted by Crippen LogP contribution is -2.59. The average molecular weight is 777 g/mol. The average Bonchev–Trinajstić information content (AvgIpc) is 3.90. The molecule has 0 aromatic carbocycles. The van der Waals surface area contributed by atoms with Crippen LogP contribution in [0.25, 0.3) is 0 Å². The Hall–Kier alpha value is -3.79. The molecule has 0 unspecified atom stereocenters. The van der Waals surface area contributed by atoms with Gasteiger partial charge in [0.1, 0.15) is 36.3 Å². The van der Waals surface area contributed by atoms with Crippen molar-refractivity contribution in [2.45, 2.75) is 161 Å². The molecule has 312 valence electrons. The third-order valence-electron chi connectivity index (χ3n) is 10.8. The van der Waals surface area contributed by atoms with Gasteiger partial charge in [-0.15, -0.1) is 0 Å². The molecule has 6 amide bonds. The zero-order valence-corrected chi connectivity index (χ0v) is 33.9. The van der Waals surface area contributed by atoms with E-state index in [9.17, 15) is 38.7 Å². The van der Waals surface area contributed by atoms with Crippen LogP contribution in [0.15, 0.2) is 0 Å². The van der Waals surface area contributed by atoms with Gasteiger partial charge < -0.3 is 47.2 Å². The van der Waals surface area contributed by atoms with Crippen molar-refractivity contribution in [2.24, 2.45) is 29.2 Å². The number of nitrogens with two attached hydrogens (primary N) is 2. The Bertz CT molecular complexity index is 1360. The van der Waals surface area contributed by atoms with Crippen molar-refractivity contribution >= 4 is 41.4 Å². The van der Waals surface area contributed by atoms with E-state index in [4.69, 9.17) is 11.5 Å². The molecule has 3 aliphatic rings. The molecule has 55 heavy (non-hydrogen) atoms. The maximum Gasteiger partial charge on any atom is 0.326 e. The number of hydrogen-bond acceptors (Lipinski definition) is 9. The number of rotatable bonds is 20. The molecule has 0 saturated carbocycles. The van der Waals surface area contributed by atoms with E-state index in [0.717, 1.165) is 0 Å². The summed E-state index contributed by atoms with van der Waals surface area (Å²) in [5.41, 5.74) is 11.8. The van der Waals surface area contributed by atoms with E-state index in [1.54, 1.807) is 9.80 Å². The largest absolute Gasteiger partial charge is 0.480 e. The molecule has 3 fully saturated rings. The maximum atomic E-state index is 14.2. The Balaban J connectivity index is 1.72. The second-order valence-electron chi connectivity index (χ2n) is 16.9. The van der Waals surface area contributed by atoms with Crippen LogP contribution in [0.2, 0.25) is 0 Å². The number of hydrogen-bond donors (Lipinski definition) is 6. The van der Waals surface area contributed by atoms with Gasteiger partial charge in [-0.05, 0) is 101 Å². The number of carboxylic acids is 1. The molecule has 0 aromatic heterocycles. The van der Waals surface area contributed by atoms with Gasteiger partial charge in [-0.3, -0.25) is 28.8 Å². The minimum Gasteiger partial charge on any atom is -0.480 e. The lowest BCUT2D eigenvalue weighted by atomic mass is 9.99. The van der Waals surface area contributed by atoms with Crippen LogP contribution in [0.1, 0.15) is 119 Å². The summed E-state index contributed by atoms with van der Waals surface area (Å²) >= 11 is 0. The number of carboxylic acid groups (broad SMARTS) is 1. The molecule has 8 N–H and O–H groups in total. The highest BCUT2D eigenvalue weighted by atomic mass is 16.4. The molecular weight excluding hydrogens is 708 g/mol. The Morgan fingerprint density at radius 3 is 1.55 bits per heavy atom. The van der Waals surface area contributed by atoms with Gasteiger partial charge in [0.05, 0.1) is 6.04 Å². The molecule has 0 spiro atoms. The zero-order valence-electron chi connectivity index (χ0n) is 33.9. The minimum absolute atomic E-state index is 0.0190. The summed E-state index contributed by atoms with van der Waals surface area (Å²) in [6, 6.07) is -6.20. The summed E-state index contributed by atoms with van der Waals surface area (Å²) in [4.78, 5) is 99.0. The highest BCUT2D eigenvalue weighted by Crippen LogP contribution is 2.29. The quantitative estimate of drug-likeness (QED) is 0.0963. The van der Waals surface area contributed by atoms with E-state index in [2.05, 4.69) is 16.0 Å². The number of carbonyl (C=O) groups is 7. The first-order valence-corrected chi connectivity index (χ1v) is 20.5. The lowest BCUT2D eigenvalue weighted by molar-refractivity contribution is -0.151. The van der Waals surface area contributed by atoms with Crippen molar-refractivity contribution in [1.29, 1.82) is 0 Å². The third-order valence-corrected chi connectivity index (χ3v) is 10.8. The van der Waals surface area contributed by atoms with Crippen LogP contribution < -0.4 is 27.4 Å². The maximum absolute atomic E-state index is 14.2. The third kappa shape index (κ3) is 12.9. The second-order valence-corrected chi connectivity index (χ2v) is 16.9. The van der Waals surface area contributed by atoms with E-state index >= 15 is 0 Å². The van der Waals surface area contributed by atoms with Crippen LogP contribution in [0.4, 0.5) is 0 Å². The van der Waals surface area contributed by atoms with Crippen molar-refractivity contribution in [3.05, 3.63) is 0 Å². The Morgan fingerprint density at radius 2 is 1.05 bits per heavy atom. The van der Waals surface area contributed by atoms with Crippen LogP contribution in [0, 0.1) is 17.8 Å². The standard InChI is InChI=1S/C39H68N8O8/c1-23(2)20-26(41)36(51)46-18-10-14-31(46)38(53)47-19-11-15-32(47)37(52)45-17-9-13-30(45)35(50)44-29(22-25(5)6)34(49)43-28(21-24(3)4)33(48)42-27(39(54)55)12-7-8-16-40/h23-32H,7-22,40-41H2,1-6H3,(H,42,48)(H,43,49)(H,44,50)(H,54,55)/t26-,27-,28-,29-,30-,31-,32-/m0/s1. The first-order chi connectivity index (χ1) is 26.0. The summed E-state index contributed by atoms with van der Waals surface area (Å²) in [5.74, 6) is -3.53. The van der Waals surface area contributed by atoms with E-state index in [0.29, 0.717) is 84.0 Å². The number of likely N-dealkylation sites (tertiary alicyclic amines) is 3. The predicted molar refractivity (Wildman–Crippen MR) is 207 cm³/mol. The SMILES string of the molecule is CC(C)C[C@H](NC(=O)[C@H](CC(C)C)NC(=O)[C@@H]1CCCN1C(=O)[C@@H]1CCCN1C(=O)[C@@H]1CCCN1C(=O)[C@@H](N)CC(C)C)C(=O)N[C@@H](CCCCN)C(=O)O. The summed E-state index contributed by atoms with van der Waals surface area (Å²) in [5, 5.41) is 17.9. The normalized spacial score (nSPS) is 22.2. The predicted octanol–water partition coefficient (Wildman–Crippen LogP) is 1.09. The Morgan fingerprint density at radius 1 is 0.618 bits per heavy atom. The molecule has 0 aliphatic carbocycles. The van der Waals surface area contributed by atoms with E-state index in [1.807, 2.05) is 41.5 Å². The molecular formula is C39H68N8O8. The molecule has 3 saturated heterocycles. The van der Waals surface area contributed by atoms with E-state index in [-0.39, 0.29) is 54.7 Å². The molecule has 3 aliphatic heterocycles. The van der Waals surface area contributed by atoms with Crippen molar-refractivity contribution in [3.63, 3.8) is 0 Å². The van der Waals surface area contributed by atoms with Gasteiger partial charge in [-0.2, -0.15) is 0 Å². The van der Waals surface area contributed by atoms with Crippen molar-refractivity contribution in [3.8, 4) is 0 Å². The number of nitrogens with one attached hydrogen (secondary N) is 3. The number of aliphatic carboxylic acids is 1. The van der Waals surface area contributed by atoms with Crippen molar-refractivity contribution < 1.29 is 38.7 Å².